The Bertz CT molecular complexity index is 451. The molecule has 0 aromatic heterocycles. The predicted octanol–water partition coefficient (Wildman–Crippen LogP) is 0.345. The first-order chi connectivity index (χ1) is 8.42. The quantitative estimate of drug-likeness (QED) is 0.602. The van der Waals surface area contributed by atoms with Gasteiger partial charge in [0.15, 0.2) is 12.4 Å². The minimum atomic E-state index is -1.98. The van der Waals surface area contributed by atoms with E-state index in [0.717, 1.165) is 7.11 Å². The molecule has 0 saturated heterocycles. The summed E-state index contributed by atoms with van der Waals surface area (Å²) in [7, 11) is 0.981. The summed E-state index contributed by atoms with van der Waals surface area (Å²) in [5, 5.41) is 18.8. The van der Waals surface area contributed by atoms with Crippen LogP contribution in [0.5, 0.6) is 0 Å². The number of carbonyl (C=O) groups is 2. The molecule has 18 heavy (non-hydrogen) atoms. The van der Waals surface area contributed by atoms with Crippen molar-refractivity contribution in [1.82, 2.24) is 0 Å². The SMILES string of the molecule is COC(=O)C(O)C(O)c1cc(F)c(C=O)c(F)c1. The van der Waals surface area contributed by atoms with Crippen molar-refractivity contribution in [1.29, 1.82) is 0 Å². The van der Waals surface area contributed by atoms with E-state index in [1.54, 1.807) is 0 Å². The zero-order valence-electron chi connectivity index (χ0n) is 9.26. The molecule has 2 atom stereocenters. The lowest BCUT2D eigenvalue weighted by molar-refractivity contribution is -0.156. The lowest BCUT2D eigenvalue weighted by Crippen LogP contribution is -2.29. The first-order valence-electron chi connectivity index (χ1n) is 4.80. The van der Waals surface area contributed by atoms with Crippen LogP contribution in [0.3, 0.4) is 0 Å². The molecule has 0 fully saturated rings. The van der Waals surface area contributed by atoms with Gasteiger partial charge >= 0.3 is 5.97 Å². The fourth-order valence-corrected chi connectivity index (χ4v) is 1.32. The maximum Gasteiger partial charge on any atom is 0.337 e. The second-order valence-electron chi connectivity index (χ2n) is 3.43. The third-order valence-electron chi connectivity index (χ3n) is 2.30. The first kappa shape index (κ1) is 14.2. The second-order valence-corrected chi connectivity index (χ2v) is 3.43. The molecule has 5 nitrogen and oxygen atoms in total. The number of aliphatic hydroxyl groups excluding tert-OH is 2. The van der Waals surface area contributed by atoms with E-state index >= 15 is 0 Å². The molecule has 0 heterocycles. The molecule has 0 saturated carbocycles. The highest BCUT2D eigenvalue weighted by Gasteiger charge is 2.28. The fraction of sp³-hybridized carbons (Fsp3) is 0.273. The van der Waals surface area contributed by atoms with Crippen molar-refractivity contribution in [3.63, 3.8) is 0 Å². The third kappa shape index (κ3) is 2.69. The van der Waals surface area contributed by atoms with Crippen molar-refractivity contribution in [3.8, 4) is 0 Å². The number of hydrogen-bond donors (Lipinski definition) is 2. The Labute approximate surface area is 101 Å². The summed E-state index contributed by atoms with van der Waals surface area (Å²) in [4.78, 5) is 21.3. The number of hydrogen-bond acceptors (Lipinski definition) is 5. The minimum Gasteiger partial charge on any atom is -0.467 e. The average Bonchev–Trinajstić information content (AvgIpc) is 2.35. The largest absolute Gasteiger partial charge is 0.467 e. The number of aliphatic hydroxyl groups is 2. The van der Waals surface area contributed by atoms with Crippen LogP contribution in [0.1, 0.15) is 22.0 Å². The Morgan fingerprint density at radius 2 is 1.83 bits per heavy atom. The van der Waals surface area contributed by atoms with E-state index in [4.69, 9.17) is 0 Å². The van der Waals surface area contributed by atoms with Crippen LogP contribution in [-0.4, -0.2) is 35.7 Å². The fourth-order valence-electron chi connectivity index (χ4n) is 1.32. The molecule has 0 spiro atoms. The van der Waals surface area contributed by atoms with E-state index in [1.165, 1.54) is 0 Å². The van der Waals surface area contributed by atoms with Gasteiger partial charge in [0, 0.05) is 0 Å². The van der Waals surface area contributed by atoms with Gasteiger partial charge in [-0.3, -0.25) is 4.79 Å². The van der Waals surface area contributed by atoms with Crippen molar-refractivity contribution < 1.29 is 33.3 Å². The standard InChI is InChI=1S/C11H10F2O5/c1-18-11(17)10(16)9(15)5-2-7(12)6(4-14)8(13)3-5/h2-4,9-10,15-16H,1H3. The highest BCUT2D eigenvalue weighted by molar-refractivity contribution is 5.77. The van der Waals surface area contributed by atoms with Crippen LogP contribution in [0.4, 0.5) is 8.78 Å². The average molecular weight is 260 g/mol. The third-order valence-corrected chi connectivity index (χ3v) is 2.30. The van der Waals surface area contributed by atoms with Gasteiger partial charge in [0.05, 0.1) is 12.7 Å². The topological polar surface area (TPSA) is 83.8 Å². The van der Waals surface area contributed by atoms with Gasteiger partial charge in [-0.05, 0) is 17.7 Å². The molecule has 0 aliphatic carbocycles. The molecular weight excluding hydrogens is 250 g/mol. The maximum atomic E-state index is 13.2. The summed E-state index contributed by atoms with van der Waals surface area (Å²) in [6, 6.07) is 1.31. The zero-order chi connectivity index (χ0) is 13.9. The Balaban J connectivity index is 3.11. The predicted molar refractivity (Wildman–Crippen MR) is 54.7 cm³/mol. The van der Waals surface area contributed by atoms with E-state index in [-0.39, 0.29) is 11.8 Å². The molecule has 0 aliphatic heterocycles. The van der Waals surface area contributed by atoms with Crippen LogP contribution in [0.15, 0.2) is 12.1 Å². The molecule has 1 aromatic carbocycles. The molecule has 0 radical (unpaired) electrons. The molecule has 1 aromatic rings. The summed E-state index contributed by atoms with van der Waals surface area (Å²) >= 11 is 0. The van der Waals surface area contributed by atoms with E-state index < -0.39 is 35.4 Å². The van der Waals surface area contributed by atoms with E-state index in [1.807, 2.05) is 0 Å². The molecule has 0 bridgehead atoms. The Morgan fingerprint density at radius 3 is 2.22 bits per heavy atom. The number of halogens is 2. The van der Waals surface area contributed by atoms with Crippen LogP contribution < -0.4 is 0 Å². The lowest BCUT2D eigenvalue weighted by Gasteiger charge is -2.16. The van der Waals surface area contributed by atoms with Crippen LogP contribution in [-0.2, 0) is 9.53 Å². The maximum absolute atomic E-state index is 13.2. The molecule has 2 unspecified atom stereocenters. The Hall–Kier alpha value is -1.86. The summed E-state index contributed by atoms with van der Waals surface area (Å²) in [6.07, 6.45) is -3.85. The van der Waals surface area contributed by atoms with Crippen LogP contribution in [0.2, 0.25) is 0 Å². The molecule has 2 N–H and O–H groups in total. The first-order valence-corrected chi connectivity index (χ1v) is 4.80. The number of aldehydes is 1. The monoisotopic (exact) mass is 260 g/mol. The van der Waals surface area contributed by atoms with Crippen LogP contribution in [0, 0.1) is 11.6 Å². The number of ether oxygens (including phenoxy) is 1. The van der Waals surface area contributed by atoms with Crippen LogP contribution >= 0.6 is 0 Å². The molecular formula is C11H10F2O5. The zero-order valence-corrected chi connectivity index (χ0v) is 9.26. The Morgan fingerprint density at radius 1 is 1.33 bits per heavy atom. The highest BCUT2D eigenvalue weighted by atomic mass is 19.1. The van der Waals surface area contributed by atoms with E-state index in [0.29, 0.717) is 12.1 Å². The number of carbonyl (C=O) groups excluding carboxylic acids is 2. The lowest BCUT2D eigenvalue weighted by atomic mass is 10.0. The van der Waals surface area contributed by atoms with Crippen molar-refractivity contribution in [2.45, 2.75) is 12.2 Å². The smallest absolute Gasteiger partial charge is 0.337 e. The summed E-state index contributed by atoms with van der Waals surface area (Å²) in [5.74, 6) is -3.55. The van der Waals surface area contributed by atoms with E-state index in [2.05, 4.69) is 4.74 Å². The number of benzene rings is 1. The van der Waals surface area contributed by atoms with E-state index in [9.17, 15) is 28.6 Å². The second kappa shape index (κ2) is 5.65. The van der Waals surface area contributed by atoms with Crippen molar-refractivity contribution in [2.24, 2.45) is 0 Å². The number of rotatable bonds is 4. The molecule has 0 aliphatic rings. The molecule has 1 rings (SSSR count). The number of methoxy groups -OCH3 is 1. The van der Waals surface area contributed by atoms with Gasteiger partial charge in [0.1, 0.15) is 17.7 Å². The summed E-state index contributed by atoms with van der Waals surface area (Å²) < 4.78 is 30.6. The van der Waals surface area contributed by atoms with Gasteiger partial charge in [-0.25, -0.2) is 13.6 Å². The van der Waals surface area contributed by atoms with Gasteiger partial charge < -0.3 is 14.9 Å². The Kier molecular flexibility index (Phi) is 4.46. The van der Waals surface area contributed by atoms with Gasteiger partial charge in [-0.2, -0.15) is 0 Å². The van der Waals surface area contributed by atoms with Gasteiger partial charge in [-0.1, -0.05) is 0 Å². The van der Waals surface area contributed by atoms with Gasteiger partial charge in [0.25, 0.3) is 0 Å². The molecule has 7 heteroatoms. The van der Waals surface area contributed by atoms with Crippen molar-refractivity contribution in [2.75, 3.05) is 7.11 Å². The van der Waals surface area contributed by atoms with Crippen LogP contribution in [0.25, 0.3) is 0 Å². The summed E-state index contributed by atoms with van der Waals surface area (Å²) in [5.41, 5.74) is -1.17. The molecule has 0 amide bonds. The minimum absolute atomic E-state index is 0.0163. The highest BCUT2D eigenvalue weighted by Crippen LogP contribution is 2.22. The van der Waals surface area contributed by atoms with Crippen molar-refractivity contribution in [3.05, 3.63) is 34.9 Å². The van der Waals surface area contributed by atoms with Gasteiger partial charge in [-0.15, -0.1) is 0 Å². The number of esters is 1. The normalized spacial score (nSPS) is 13.8. The summed E-state index contributed by atoms with van der Waals surface area (Å²) in [6.45, 7) is 0. The van der Waals surface area contributed by atoms with Gasteiger partial charge in [0.2, 0.25) is 0 Å². The van der Waals surface area contributed by atoms with Crippen molar-refractivity contribution >= 4 is 12.3 Å². The molecule has 98 valence electrons.